The summed E-state index contributed by atoms with van der Waals surface area (Å²) in [6.45, 7) is 10.9. The summed E-state index contributed by atoms with van der Waals surface area (Å²) < 4.78 is 0. The number of nitrogens with one attached hydrogen (secondary N) is 2. The molecule has 1 amide bonds. The van der Waals surface area contributed by atoms with E-state index in [9.17, 15) is 4.79 Å². The van der Waals surface area contributed by atoms with Gasteiger partial charge in [-0.05, 0) is 12.3 Å². The Balaban J connectivity index is 3.31. The van der Waals surface area contributed by atoms with Crippen molar-refractivity contribution in [1.82, 2.24) is 10.6 Å². The van der Waals surface area contributed by atoms with Crippen molar-refractivity contribution in [2.75, 3.05) is 19.6 Å². The minimum atomic E-state index is 0.129. The van der Waals surface area contributed by atoms with E-state index in [1.807, 2.05) is 6.92 Å². The zero-order valence-corrected chi connectivity index (χ0v) is 9.24. The third-order valence-corrected chi connectivity index (χ3v) is 1.56. The first kappa shape index (κ1) is 12.4. The van der Waals surface area contributed by atoms with Crippen LogP contribution in [0.2, 0.25) is 0 Å². The van der Waals surface area contributed by atoms with Crippen molar-refractivity contribution in [2.45, 2.75) is 34.1 Å². The molecule has 0 bridgehead atoms. The van der Waals surface area contributed by atoms with Gasteiger partial charge in [-0.15, -0.1) is 0 Å². The van der Waals surface area contributed by atoms with Crippen LogP contribution in [0.5, 0.6) is 0 Å². The van der Waals surface area contributed by atoms with Gasteiger partial charge in [0, 0.05) is 26.1 Å². The first-order valence-electron chi connectivity index (χ1n) is 4.93. The fourth-order valence-electron chi connectivity index (χ4n) is 0.951. The molecule has 2 N–H and O–H groups in total. The molecule has 0 saturated heterocycles. The van der Waals surface area contributed by atoms with Crippen LogP contribution in [0.25, 0.3) is 0 Å². The highest BCUT2D eigenvalue weighted by Gasteiger charge is 2.08. The molecular formula is C10H22N2O. The summed E-state index contributed by atoms with van der Waals surface area (Å²) in [6, 6.07) is 0. The van der Waals surface area contributed by atoms with E-state index in [1.165, 1.54) is 0 Å². The normalized spacial score (nSPS) is 11.4. The van der Waals surface area contributed by atoms with Gasteiger partial charge in [-0.25, -0.2) is 0 Å². The van der Waals surface area contributed by atoms with Gasteiger partial charge in [0.25, 0.3) is 0 Å². The van der Waals surface area contributed by atoms with Crippen LogP contribution in [0, 0.1) is 5.41 Å². The topological polar surface area (TPSA) is 41.1 Å². The second kappa shape index (κ2) is 5.97. The van der Waals surface area contributed by atoms with Crippen molar-refractivity contribution in [3.8, 4) is 0 Å². The summed E-state index contributed by atoms with van der Waals surface area (Å²) in [5.74, 6) is 0.129. The number of carbonyl (C=O) groups excluding carboxylic acids is 1. The predicted octanol–water partition coefficient (Wildman–Crippen LogP) is 1.15. The molecule has 0 aromatic rings. The SMILES string of the molecule is CCNC(=O)CCNCC(C)(C)C. The van der Waals surface area contributed by atoms with Crippen LogP contribution in [0.3, 0.4) is 0 Å². The number of amides is 1. The van der Waals surface area contributed by atoms with Crippen LogP contribution in [-0.2, 0) is 4.79 Å². The molecule has 3 heteroatoms. The summed E-state index contributed by atoms with van der Waals surface area (Å²) in [5, 5.41) is 6.02. The molecule has 0 saturated carbocycles. The molecule has 0 aliphatic heterocycles. The Morgan fingerprint density at radius 3 is 2.38 bits per heavy atom. The Morgan fingerprint density at radius 1 is 1.31 bits per heavy atom. The van der Waals surface area contributed by atoms with E-state index < -0.39 is 0 Å². The monoisotopic (exact) mass is 186 g/mol. The van der Waals surface area contributed by atoms with E-state index in [2.05, 4.69) is 31.4 Å². The van der Waals surface area contributed by atoms with Gasteiger partial charge in [0.2, 0.25) is 5.91 Å². The summed E-state index contributed by atoms with van der Waals surface area (Å²) in [4.78, 5) is 11.0. The molecule has 0 radical (unpaired) electrons. The van der Waals surface area contributed by atoms with Gasteiger partial charge in [-0.1, -0.05) is 20.8 Å². The lowest BCUT2D eigenvalue weighted by molar-refractivity contribution is -0.120. The largest absolute Gasteiger partial charge is 0.356 e. The molecule has 0 rings (SSSR count). The van der Waals surface area contributed by atoms with Crippen molar-refractivity contribution >= 4 is 5.91 Å². The van der Waals surface area contributed by atoms with Crippen LogP contribution in [0.15, 0.2) is 0 Å². The van der Waals surface area contributed by atoms with E-state index in [-0.39, 0.29) is 5.91 Å². The minimum Gasteiger partial charge on any atom is -0.356 e. The average molecular weight is 186 g/mol. The molecule has 0 atom stereocenters. The van der Waals surface area contributed by atoms with Gasteiger partial charge >= 0.3 is 0 Å². The quantitative estimate of drug-likeness (QED) is 0.632. The highest BCUT2D eigenvalue weighted by atomic mass is 16.1. The minimum absolute atomic E-state index is 0.129. The van der Waals surface area contributed by atoms with E-state index in [0.29, 0.717) is 11.8 Å². The summed E-state index contributed by atoms with van der Waals surface area (Å²) >= 11 is 0. The Labute approximate surface area is 81.3 Å². The molecule has 3 nitrogen and oxygen atoms in total. The van der Waals surface area contributed by atoms with E-state index in [4.69, 9.17) is 0 Å². The van der Waals surface area contributed by atoms with E-state index in [1.54, 1.807) is 0 Å². The lowest BCUT2D eigenvalue weighted by Gasteiger charge is -2.18. The van der Waals surface area contributed by atoms with Gasteiger partial charge in [-0.3, -0.25) is 4.79 Å². The molecule has 0 spiro atoms. The molecule has 0 heterocycles. The summed E-state index contributed by atoms with van der Waals surface area (Å²) in [6.07, 6.45) is 0.573. The Morgan fingerprint density at radius 2 is 1.92 bits per heavy atom. The molecule has 0 aliphatic carbocycles. The number of hydrogen-bond acceptors (Lipinski definition) is 2. The van der Waals surface area contributed by atoms with Gasteiger partial charge in [0.05, 0.1) is 0 Å². The molecular weight excluding hydrogens is 164 g/mol. The molecule has 13 heavy (non-hydrogen) atoms. The maximum atomic E-state index is 11.0. The molecule has 0 aromatic heterocycles. The fraction of sp³-hybridized carbons (Fsp3) is 0.900. The Bertz CT molecular complexity index is 149. The zero-order chi connectivity index (χ0) is 10.3. The van der Waals surface area contributed by atoms with Crippen molar-refractivity contribution in [3.63, 3.8) is 0 Å². The van der Waals surface area contributed by atoms with E-state index in [0.717, 1.165) is 19.6 Å². The second-order valence-electron chi connectivity index (χ2n) is 4.44. The van der Waals surface area contributed by atoms with Crippen LogP contribution in [0.4, 0.5) is 0 Å². The molecule has 0 fully saturated rings. The lowest BCUT2D eigenvalue weighted by Crippen LogP contribution is -2.31. The van der Waals surface area contributed by atoms with Crippen LogP contribution in [0.1, 0.15) is 34.1 Å². The lowest BCUT2D eigenvalue weighted by atomic mass is 9.97. The molecule has 0 unspecified atom stereocenters. The summed E-state index contributed by atoms with van der Waals surface area (Å²) in [5.41, 5.74) is 0.293. The maximum Gasteiger partial charge on any atom is 0.221 e. The molecule has 0 aromatic carbocycles. The maximum absolute atomic E-state index is 11.0. The van der Waals surface area contributed by atoms with Crippen molar-refractivity contribution < 1.29 is 4.79 Å². The third kappa shape index (κ3) is 9.34. The van der Waals surface area contributed by atoms with Crippen molar-refractivity contribution in [2.24, 2.45) is 5.41 Å². The highest BCUT2D eigenvalue weighted by Crippen LogP contribution is 2.09. The first-order valence-corrected chi connectivity index (χ1v) is 4.93. The second-order valence-corrected chi connectivity index (χ2v) is 4.44. The first-order chi connectivity index (χ1) is 5.95. The van der Waals surface area contributed by atoms with Crippen LogP contribution >= 0.6 is 0 Å². The number of hydrogen-bond donors (Lipinski definition) is 2. The number of rotatable bonds is 5. The Hall–Kier alpha value is -0.570. The van der Waals surface area contributed by atoms with Crippen LogP contribution < -0.4 is 10.6 Å². The predicted molar refractivity (Wildman–Crippen MR) is 55.6 cm³/mol. The standard InChI is InChI=1S/C10H22N2O/c1-5-12-9(13)6-7-11-8-10(2,3)4/h11H,5-8H2,1-4H3,(H,12,13). The fourth-order valence-corrected chi connectivity index (χ4v) is 0.951. The average Bonchev–Trinajstić information content (AvgIpc) is 1.97. The van der Waals surface area contributed by atoms with Gasteiger partial charge in [-0.2, -0.15) is 0 Å². The highest BCUT2D eigenvalue weighted by molar-refractivity contribution is 5.75. The molecule has 78 valence electrons. The van der Waals surface area contributed by atoms with Crippen molar-refractivity contribution in [1.29, 1.82) is 0 Å². The third-order valence-electron chi connectivity index (χ3n) is 1.56. The van der Waals surface area contributed by atoms with Crippen LogP contribution in [-0.4, -0.2) is 25.5 Å². The van der Waals surface area contributed by atoms with Gasteiger partial charge in [0.1, 0.15) is 0 Å². The van der Waals surface area contributed by atoms with Gasteiger partial charge < -0.3 is 10.6 Å². The van der Waals surface area contributed by atoms with Crippen molar-refractivity contribution in [3.05, 3.63) is 0 Å². The zero-order valence-electron chi connectivity index (χ0n) is 9.24. The van der Waals surface area contributed by atoms with E-state index >= 15 is 0 Å². The Kier molecular flexibility index (Phi) is 5.71. The van der Waals surface area contributed by atoms with Gasteiger partial charge in [0.15, 0.2) is 0 Å². The summed E-state index contributed by atoms with van der Waals surface area (Å²) in [7, 11) is 0. The smallest absolute Gasteiger partial charge is 0.221 e. The number of carbonyl (C=O) groups is 1. The molecule has 0 aliphatic rings.